The molecule has 2 aromatic carbocycles. The second-order valence-electron chi connectivity index (χ2n) is 6.77. The maximum absolute atomic E-state index is 12.2. The van der Waals surface area contributed by atoms with Crippen molar-refractivity contribution in [3.05, 3.63) is 71.8 Å². The van der Waals surface area contributed by atoms with Crippen LogP contribution < -0.4 is 5.32 Å². The third-order valence-electron chi connectivity index (χ3n) is 4.60. The number of alkyl carbamates (subject to hydrolysis) is 1. The van der Waals surface area contributed by atoms with E-state index in [9.17, 15) is 24.9 Å². The van der Waals surface area contributed by atoms with Crippen molar-refractivity contribution in [2.45, 2.75) is 43.9 Å². The van der Waals surface area contributed by atoms with Crippen molar-refractivity contribution in [2.75, 3.05) is 0 Å². The fraction of sp³-hybridized carbons (Fsp3) is 0.333. The molecule has 0 bridgehead atoms. The number of ether oxygens (including phenoxy) is 3. The number of carbonyl (C=O) groups is 2. The number of amides is 1. The Bertz CT molecular complexity index is 831. The highest BCUT2D eigenvalue weighted by atomic mass is 16.7. The minimum absolute atomic E-state index is 0.00775. The van der Waals surface area contributed by atoms with E-state index in [1.54, 1.807) is 48.5 Å². The van der Waals surface area contributed by atoms with E-state index in [1.807, 2.05) is 12.1 Å². The van der Waals surface area contributed by atoms with Gasteiger partial charge < -0.3 is 34.8 Å². The van der Waals surface area contributed by atoms with E-state index in [0.717, 1.165) is 11.1 Å². The molecule has 1 heterocycles. The Morgan fingerprint density at radius 3 is 2.03 bits per heavy atom. The second kappa shape index (κ2) is 10.2. The molecule has 160 valence electrons. The smallest absolute Gasteiger partial charge is 0.407 e. The van der Waals surface area contributed by atoms with Gasteiger partial charge >= 0.3 is 12.1 Å². The van der Waals surface area contributed by atoms with Crippen LogP contribution >= 0.6 is 0 Å². The second-order valence-corrected chi connectivity index (χ2v) is 6.77. The Morgan fingerprint density at radius 1 is 0.900 bits per heavy atom. The van der Waals surface area contributed by atoms with Crippen molar-refractivity contribution < 1.29 is 39.1 Å². The largest absolute Gasteiger partial charge is 0.479 e. The molecule has 9 heteroatoms. The Kier molecular flexibility index (Phi) is 7.36. The normalized spacial score (nSPS) is 26.0. The zero-order valence-electron chi connectivity index (χ0n) is 16.0. The van der Waals surface area contributed by atoms with Gasteiger partial charge in [0.15, 0.2) is 12.4 Å². The molecule has 4 N–H and O–H groups in total. The van der Waals surface area contributed by atoms with Crippen LogP contribution in [0.4, 0.5) is 4.79 Å². The molecule has 1 aliphatic rings. The van der Waals surface area contributed by atoms with E-state index in [-0.39, 0.29) is 13.2 Å². The monoisotopic (exact) mass is 417 g/mol. The number of hydrogen-bond donors (Lipinski definition) is 4. The van der Waals surface area contributed by atoms with Gasteiger partial charge in [-0.3, -0.25) is 0 Å². The summed E-state index contributed by atoms with van der Waals surface area (Å²) in [6, 6.07) is 16.7. The van der Waals surface area contributed by atoms with Gasteiger partial charge in [-0.25, -0.2) is 9.59 Å². The van der Waals surface area contributed by atoms with E-state index in [1.165, 1.54) is 0 Å². The number of aliphatic hydroxyl groups is 2. The average Bonchev–Trinajstić information content (AvgIpc) is 2.76. The number of aliphatic carboxylic acids is 1. The van der Waals surface area contributed by atoms with Gasteiger partial charge in [-0.05, 0) is 11.1 Å². The number of rotatable bonds is 7. The van der Waals surface area contributed by atoms with Crippen molar-refractivity contribution >= 4 is 12.1 Å². The van der Waals surface area contributed by atoms with Crippen molar-refractivity contribution in [2.24, 2.45) is 0 Å². The van der Waals surface area contributed by atoms with Crippen LogP contribution in [0, 0.1) is 0 Å². The fourth-order valence-electron chi connectivity index (χ4n) is 3.02. The summed E-state index contributed by atoms with van der Waals surface area (Å²) in [6.45, 7) is 0.0318. The van der Waals surface area contributed by atoms with Gasteiger partial charge in [0.2, 0.25) is 0 Å². The number of carbonyl (C=O) groups excluding carboxylic acids is 1. The number of carboxylic acids is 1. The summed E-state index contributed by atoms with van der Waals surface area (Å²) in [6.07, 6.45) is -7.32. The molecule has 0 saturated carbocycles. The topological polar surface area (TPSA) is 135 Å². The van der Waals surface area contributed by atoms with Gasteiger partial charge in [0.05, 0.1) is 6.61 Å². The van der Waals surface area contributed by atoms with E-state index < -0.39 is 42.7 Å². The molecule has 1 saturated heterocycles. The first-order chi connectivity index (χ1) is 14.5. The Morgan fingerprint density at radius 2 is 1.47 bits per heavy atom. The molecule has 30 heavy (non-hydrogen) atoms. The molecule has 1 fully saturated rings. The third kappa shape index (κ3) is 5.55. The molecule has 2 aromatic rings. The molecule has 9 nitrogen and oxygen atoms in total. The first-order valence-electron chi connectivity index (χ1n) is 9.33. The van der Waals surface area contributed by atoms with Gasteiger partial charge in [-0.1, -0.05) is 60.7 Å². The third-order valence-corrected chi connectivity index (χ3v) is 4.60. The summed E-state index contributed by atoms with van der Waals surface area (Å²) < 4.78 is 16.1. The highest BCUT2D eigenvalue weighted by molar-refractivity contribution is 5.73. The number of hydrogen-bond acceptors (Lipinski definition) is 7. The summed E-state index contributed by atoms with van der Waals surface area (Å²) >= 11 is 0. The van der Waals surface area contributed by atoms with E-state index >= 15 is 0 Å². The standard InChI is InChI=1S/C21H23NO8/c23-16-15(22-21(27)29-12-14-9-5-2-6-10-14)20(30-18(17(16)24)19(25)26)28-11-13-7-3-1-4-8-13/h1-10,15-18,20,23-24H,11-12H2,(H,22,27)(H,25,26)/t15-,16-,17-,18+,20-/m0/s1. The number of nitrogens with one attached hydrogen (secondary N) is 1. The number of aliphatic hydroxyl groups excluding tert-OH is 2. The van der Waals surface area contributed by atoms with Gasteiger partial charge in [0.25, 0.3) is 0 Å². The van der Waals surface area contributed by atoms with E-state index in [0.29, 0.717) is 0 Å². The lowest BCUT2D eigenvalue weighted by molar-refractivity contribution is -0.266. The molecule has 0 aliphatic carbocycles. The first kappa shape index (κ1) is 21.7. The first-order valence-corrected chi connectivity index (χ1v) is 9.33. The summed E-state index contributed by atoms with van der Waals surface area (Å²) in [4.78, 5) is 23.6. The molecule has 1 aliphatic heterocycles. The summed E-state index contributed by atoms with van der Waals surface area (Å²) in [7, 11) is 0. The lowest BCUT2D eigenvalue weighted by Crippen LogP contribution is -2.65. The average molecular weight is 417 g/mol. The van der Waals surface area contributed by atoms with E-state index in [2.05, 4.69) is 5.32 Å². The van der Waals surface area contributed by atoms with E-state index in [4.69, 9.17) is 14.2 Å². The maximum Gasteiger partial charge on any atom is 0.407 e. The molecular formula is C21H23NO8. The molecule has 5 atom stereocenters. The zero-order valence-corrected chi connectivity index (χ0v) is 16.0. The molecule has 0 spiro atoms. The highest BCUT2D eigenvalue weighted by Gasteiger charge is 2.49. The lowest BCUT2D eigenvalue weighted by Gasteiger charge is -2.41. The van der Waals surface area contributed by atoms with Gasteiger partial charge in [-0.15, -0.1) is 0 Å². The zero-order chi connectivity index (χ0) is 21.5. The summed E-state index contributed by atoms with van der Waals surface area (Å²) in [5, 5.41) is 32.2. The maximum atomic E-state index is 12.2. The minimum Gasteiger partial charge on any atom is -0.479 e. The van der Waals surface area contributed by atoms with Gasteiger partial charge in [0, 0.05) is 0 Å². The van der Waals surface area contributed by atoms with Crippen LogP contribution in [0.2, 0.25) is 0 Å². The Balaban J connectivity index is 1.67. The number of carboxylic acid groups (broad SMARTS) is 1. The molecular weight excluding hydrogens is 394 g/mol. The van der Waals surface area contributed by atoms with Gasteiger partial charge in [-0.2, -0.15) is 0 Å². The molecule has 0 radical (unpaired) electrons. The van der Waals surface area contributed by atoms with Crippen LogP contribution in [0.25, 0.3) is 0 Å². The van der Waals surface area contributed by atoms with Crippen LogP contribution in [0.1, 0.15) is 11.1 Å². The van der Waals surface area contributed by atoms with Crippen LogP contribution in [-0.2, 0) is 32.2 Å². The highest BCUT2D eigenvalue weighted by Crippen LogP contribution is 2.23. The van der Waals surface area contributed by atoms with Crippen LogP contribution in [0.3, 0.4) is 0 Å². The molecule has 0 unspecified atom stereocenters. The number of benzene rings is 2. The lowest BCUT2D eigenvalue weighted by atomic mass is 9.97. The molecule has 1 amide bonds. The van der Waals surface area contributed by atoms with Gasteiger partial charge in [0.1, 0.15) is 24.9 Å². The van der Waals surface area contributed by atoms with Crippen LogP contribution in [-0.4, -0.2) is 58.0 Å². The van der Waals surface area contributed by atoms with Crippen molar-refractivity contribution in [1.29, 1.82) is 0 Å². The minimum atomic E-state index is -1.77. The molecule has 3 rings (SSSR count). The Hall–Kier alpha value is -2.98. The van der Waals surface area contributed by atoms with Crippen LogP contribution in [0.15, 0.2) is 60.7 Å². The Labute approximate surface area is 172 Å². The van der Waals surface area contributed by atoms with Crippen LogP contribution in [0.5, 0.6) is 0 Å². The predicted octanol–water partition coefficient (Wildman–Crippen LogP) is 1.03. The quantitative estimate of drug-likeness (QED) is 0.525. The van der Waals surface area contributed by atoms with Crippen molar-refractivity contribution in [3.63, 3.8) is 0 Å². The fourth-order valence-corrected chi connectivity index (χ4v) is 3.02. The molecule has 0 aromatic heterocycles. The summed E-state index contributed by atoms with van der Waals surface area (Å²) in [5.41, 5.74) is 1.54. The van der Waals surface area contributed by atoms with Crippen molar-refractivity contribution in [1.82, 2.24) is 5.32 Å². The summed E-state index contributed by atoms with van der Waals surface area (Å²) in [5.74, 6) is -1.46. The predicted molar refractivity (Wildman–Crippen MR) is 103 cm³/mol. The SMILES string of the molecule is O=C(N[C@@H]1[C@@H](OCc2ccccc2)O[C@@H](C(=O)O)[C@@H](O)[C@H]1O)OCc1ccccc1. The van der Waals surface area contributed by atoms with Crippen molar-refractivity contribution in [3.8, 4) is 0 Å².